The van der Waals surface area contributed by atoms with Crippen molar-refractivity contribution < 1.29 is 38.4 Å². The summed E-state index contributed by atoms with van der Waals surface area (Å²) in [4.78, 5) is 37.7. The Hall–Kier alpha value is -5.12. The second-order valence-corrected chi connectivity index (χ2v) is 10.3. The van der Waals surface area contributed by atoms with Crippen LogP contribution < -0.4 is 16.5 Å². The summed E-state index contributed by atoms with van der Waals surface area (Å²) in [6.07, 6.45) is -0.722. The van der Waals surface area contributed by atoms with Crippen LogP contribution in [0.5, 0.6) is 0 Å². The van der Waals surface area contributed by atoms with E-state index in [2.05, 4.69) is 0 Å². The van der Waals surface area contributed by atoms with Gasteiger partial charge in [0.1, 0.15) is 35.9 Å². The van der Waals surface area contributed by atoms with Gasteiger partial charge in [0, 0.05) is 6.42 Å². The molecule has 0 aliphatic carbocycles. The molecular weight excluding hydrogens is 560 g/mol. The lowest BCUT2D eigenvalue weighted by Crippen LogP contribution is -2.46. The molecule has 9 nitrogen and oxygen atoms in total. The van der Waals surface area contributed by atoms with E-state index < -0.39 is 18.0 Å². The highest BCUT2D eigenvalue weighted by Gasteiger charge is 2.22. The zero-order valence-electron chi connectivity index (χ0n) is 24.1. The molecule has 44 heavy (non-hydrogen) atoms. The van der Waals surface area contributed by atoms with Crippen LogP contribution in [0, 0.1) is 0 Å². The van der Waals surface area contributed by atoms with Gasteiger partial charge in [-0.05, 0) is 47.4 Å². The van der Waals surface area contributed by atoms with E-state index in [1.54, 1.807) is 36.4 Å². The van der Waals surface area contributed by atoms with Crippen molar-refractivity contribution in [2.45, 2.75) is 38.8 Å². The Kier molecular flexibility index (Phi) is 9.91. The lowest BCUT2D eigenvalue weighted by atomic mass is 10.0. The molecule has 1 unspecified atom stereocenters. The Balaban J connectivity index is 1.21. The molecule has 1 atom stereocenters. The number of carbonyl (C=O) groups is 3. The van der Waals surface area contributed by atoms with Crippen LogP contribution in [0.25, 0.3) is 21.9 Å². The number of carbonyl (C=O) groups excluding carboxylic acids is 3. The van der Waals surface area contributed by atoms with Gasteiger partial charge in [-0.15, -0.1) is 0 Å². The fraction of sp³-hybridized carbons (Fsp3) is 0.200. The lowest BCUT2D eigenvalue weighted by molar-refractivity contribution is -0.168. The van der Waals surface area contributed by atoms with Crippen molar-refractivity contribution in [3.63, 3.8) is 0 Å². The zero-order valence-corrected chi connectivity index (χ0v) is 24.1. The van der Waals surface area contributed by atoms with E-state index in [1.807, 2.05) is 60.7 Å². The van der Waals surface area contributed by atoms with E-state index in [9.17, 15) is 14.4 Å². The summed E-state index contributed by atoms with van der Waals surface area (Å²) in [5.41, 5.74) is 9.29. The topological polar surface area (TPSA) is 144 Å². The third-order valence-corrected chi connectivity index (χ3v) is 7.13. The van der Waals surface area contributed by atoms with E-state index in [-0.39, 0.29) is 44.0 Å². The van der Waals surface area contributed by atoms with Crippen molar-refractivity contribution in [3.05, 3.63) is 125 Å². The van der Waals surface area contributed by atoms with Crippen molar-refractivity contribution in [2.75, 3.05) is 6.61 Å². The predicted molar refractivity (Wildman–Crippen MR) is 162 cm³/mol. The zero-order chi connectivity index (χ0) is 30.9. The van der Waals surface area contributed by atoms with Crippen LogP contribution in [-0.4, -0.2) is 30.4 Å². The third-order valence-electron chi connectivity index (χ3n) is 7.13. The summed E-state index contributed by atoms with van der Waals surface area (Å²) < 4.78 is 23.0. The van der Waals surface area contributed by atoms with E-state index >= 15 is 0 Å². The number of esters is 1. The number of Topliss-reactive ketones (excluding diaryl/α,β-unsaturated/α-hetero) is 1. The number of primary amides is 1. The minimum absolute atomic E-state index is 0.0204. The van der Waals surface area contributed by atoms with E-state index in [4.69, 9.17) is 29.8 Å². The molecule has 0 spiro atoms. The monoisotopic (exact) mass is 593 g/mol. The molecule has 1 amide bonds. The van der Waals surface area contributed by atoms with E-state index in [0.717, 1.165) is 11.1 Å². The first-order valence-electron chi connectivity index (χ1n) is 14.2. The first kappa shape index (κ1) is 30.3. The summed E-state index contributed by atoms with van der Waals surface area (Å²) in [5.74, 6) is -1.35. The van der Waals surface area contributed by atoms with Crippen LogP contribution in [0.3, 0.4) is 0 Å². The van der Waals surface area contributed by atoms with Gasteiger partial charge in [-0.2, -0.15) is 0 Å². The fourth-order valence-corrected chi connectivity index (χ4v) is 4.85. The van der Waals surface area contributed by atoms with Gasteiger partial charge in [-0.3, -0.25) is 19.8 Å². The minimum atomic E-state index is -0.839. The van der Waals surface area contributed by atoms with Crippen molar-refractivity contribution in [1.82, 2.24) is 0 Å². The van der Waals surface area contributed by atoms with Crippen molar-refractivity contribution in [2.24, 2.45) is 5.73 Å². The first-order valence-corrected chi connectivity index (χ1v) is 14.2. The second-order valence-electron chi connectivity index (χ2n) is 10.3. The summed E-state index contributed by atoms with van der Waals surface area (Å²) in [7, 11) is 0. The highest BCUT2D eigenvalue weighted by Crippen LogP contribution is 2.22. The van der Waals surface area contributed by atoms with Crippen LogP contribution in [-0.2, 0) is 43.6 Å². The Bertz CT molecular complexity index is 1840. The van der Waals surface area contributed by atoms with Gasteiger partial charge >= 0.3 is 5.97 Å². The maximum absolute atomic E-state index is 13.0. The maximum Gasteiger partial charge on any atom is 0.306 e. The molecule has 9 heteroatoms. The Morgan fingerprint density at radius 2 is 1.48 bits per heavy atom. The van der Waals surface area contributed by atoms with Gasteiger partial charge in [0.25, 0.3) is 0 Å². The highest BCUT2D eigenvalue weighted by molar-refractivity contribution is 6.06. The van der Waals surface area contributed by atoms with Crippen molar-refractivity contribution in [1.29, 1.82) is 0 Å². The highest BCUT2D eigenvalue weighted by atomic mass is 16.5. The maximum atomic E-state index is 13.0. The number of hydrogen-bond acceptors (Lipinski definition) is 7. The molecule has 0 fully saturated rings. The molecule has 0 radical (unpaired) electrons. The Morgan fingerprint density at radius 1 is 0.773 bits per heavy atom. The number of hydrogen-bond donors (Lipinski definition) is 2. The largest absolute Gasteiger partial charge is 0.461 e. The molecule has 0 aliphatic rings. The quantitative estimate of drug-likeness (QED) is 0.148. The standard InChI is InChI=1S/C35H32N2O7/c36-34-27-18-25(14-15-29(27)44-31-13-7-12-26(33(31)34)35(37)40)21-43-32(39)17-16-30(42-20-24-10-5-2-6-11-24)28(38)22-41-19-23-8-3-1-4-9-23/h1-15,18,30,36H,16-17,19-22H2,(H2,37,40)/p+1. The number of amides is 1. The van der Waals surface area contributed by atoms with Crippen LogP contribution in [0.1, 0.15) is 39.9 Å². The Morgan fingerprint density at radius 3 is 2.18 bits per heavy atom. The van der Waals surface area contributed by atoms with Crippen LogP contribution >= 0.6 is 0 Å². The second kappa shape index (κ2) is 14.4. The van der Waals surface area contributed by atoms with Gasteiger partial charge < -0.3 is 24.4 Å². The van der Waals surface area contributed by atoms with E-state index in [1.165, 1.54) is 0 Å². The van der Waals surface area contributed by atoms with Gasteiger partial charge in [0.15, 0.2) is 5.78 Å². The smallest absolute Gasteiger partial charge is 0.306 e. The molecular formula is C35H33N2O7+. The molecule has 0 saturated carbocycles. The summed E-state index contributed by atoms with van der Waals surface area (Å²) in [6, 6.07) is 29.3. The average molecular weight is 594 g/mol. The summed E-state index contributed by atoms with van der Waals surface area (Å²) in [5, 5.41) is 7.77. The molecule has 1 aromatic heterocycles. The number of rotatable bonds is 14. The molecule has 224 valence electrons. The lowest BCUT2D eigenvalue weighted by Gasteiger charge is -2.17. The predicted octanol–water partition coefficient (Wildman–Crippen LogP) is 3.54. The number of nitrogens with two attached hydrogens (primary N) is 2. The SMILES string of the molecule is NC(=O)c1cccc2oc3ccc(COC(=O)CCC(OCc4ccccc4)C(=O)COCc4ccccc4)cc3c(=[NH2+])c12. The number of ketones is 1. The molecule has 5 aromatic rings. The first-order chi connectivity index (χ1) is 21.4. The van der Waals surface area contributed by atoms with Crippen LogP contribution in [0.2, 0.25) is 0 Å². The normalized spacial score (nSPS) is 11.8. The molecule has 1 heterocycles. The molecule has 4 N–H and O–H groups in total. The molecule has 4 aromatic carbocycles. The van der Waals surface area contributed by atoms with Gasteiger partial charge in [-0.25, -0.2) is 0 Å². The summed E-state index contributed by atoms with van der Waals surface area (Å²) in [6.45, 7) is 0.358. The van der Waals surface area contributed by atoms with E-state index in [0.29, 0.717) is 39.5 Å². The van der Waals surface area contributed by atoms with Crippen LogP contribution in [0.15, 0.2) is 101 Å². The molecule has 0 saturated heterocycles. The molecule has 0 aliphatic heterocycles. The van der Waals surface area contributed by atoms with Crippen molar-refractivity contribution >= 4 is 39.6 Å². The number of benzene rings is 4. The number of fused-ring (bicyclic) bond motifs is 2. The molecule has 0 bridgehead atoms. The Labute approximate surface area is 253 Å². The van der Waals surface area contributed by atoms with Crippen molar-refractivity contribution in [3.8, 4) is 0 Å². The third kappa shape index (κ3) is 7.63. The summed E-state index contributed by atoms with van der Waals surface area (Å²) >= 11 is 0. The van der Waals surface area contributed by atoms with Crippen LogP contribution in [0.4, 0.5) is 0 Å². The average Bonchev–Trinajstić information content (AvgIpc) is 3.04. The minimum Gasteiger partial charge on any atom is -0.461 e. The van der Waals surface area contributed by atoms with Gasteiger partial charge in [-0.1, -0.05) is 72.8 Å². The van der Waals surface area contributed by atoms with Gasteiger partial charge in [0.2, 0.25) is 11.3 Å². The molecule has 5 rings (SSSR count). The fourth-order valence-electron chi connectivity index (χ4n) is 4.85. The number of ether oxygens (including phenoxy) is 3. The van der Waals surface area contributed by atoms with Gasteiger partial charge in [0.05, 0.1) is 24.2 Å².